The number of benzene rings is 1. The lowest BCUT2D eigenvalue weighted by Gasteiger charge is -2.10. The number of hydrogen-bond donors (Lipinski definition) is 0. The average Bonchev–Trinajstić information content (AvgIpc) is 2.18. The maximum Gasteiger partial charge on any atom is 0.126 e. The Balaban J connectivity index is 3.13. The van der Waals surface area contributed by atoms with Crippen LogP contribution in [-0.4, -0.2) is 7.11 Å². The Morgan fingerprint density at radius 1 is 1.29 bits per heavy atom. The predicted octanol–water partition coefficient (Wildman–Crippen LogP) is 3.85. The van der Waals surface area contributed by atoms with Gasteiger partial charge in [-0.15, -0.1) is 0 Å². The topological polar surface area (TPSA) is 9.23 Å². The maximum absolute atomic E-state index is 5.28. The first-order valence-electron chi connectivity index (χ1n) is 4.99. The van der Waals surface area contributed by atoms with Gasteiger partial charge in [0, 0.05) is 5.56 Å². The van der Waals surface area contributed by atoms with Gasteiger partial charge in [0.25, 0.3) is 0 Å². The van der Waals surface area contributed by atoms with Gasteiger partial charge in [0.1, 0.15) is 5.75 Å². The molecule has 1 heteroatoms. The number of methoxy groups -OCH3 is 1. The smallest absolute Gasteiger partial charge is 0.126 e. The molecule has 0 N–H and O–H groups in total. The van der Waals surface area contributed by atoms with Crippen molar-refractivity contribution in [3.63, 3.8) is 0 Å². The summed E-state index contributed by atoms with van der Waals surface area (Å²) in [5.74, 6) is 1.50. The van der Waals surface area contributed by atoms with E-state index >= 15 is 0 Å². The number of ether oxygens (including phenoxy) is 1. The van der Waals surface area contributed by atoms with Gasteiger partial charge in [0.15, 0.2) is 0 Å². The molecule has 0 aromatic heterocycles. The van der Waals surface area contributed by atoms with Gasteiger partial charge in [0.05, 0.1) is 7.11 Å². The molecule has 0 aliphatic rings. The second-order valence-electron chi connectivity index (χ2n) is 3.66. The molecular weight excluding hydrogens is 172 g/mol. The van der Waals surface area contributed by atoms with Gasteiger partial charge in [-0.1, -0.05) is 32.1 Å². The normalized spacial score (nSPS) is 11.2. The van der Waals surface area contributed by atoms with Crippen LogP contribution in [0.3, 0.4) is 0 Å². The third-order valence-corrected chi connectivity index (χ3v) is 2.27. The third-order valence-electron chi connectivity index (χ3n) is 2.27. The summed E-state index contributed by atoms with van der Waals surface area (Å²) in [6, 6.07) is 6.34. The van der Waals surface area contributed by atoms with Crippen LogP contribution in [0.1, 0.15) is 37.8 Å². The molecule has 0 atom stereocenters. The van der Waals surface area contributed by atoms with E-state index in [1.165, 1.54) is 5.56 Å². The summed E-state index contributed by atoms with van der Waals surface area (Å²) in [7, 11) is 1.71. The predicted molar refractivity (Wildman–Crippen MR) is 61.8 cm³/mol. The lowest BCUT2D eigenvalue weighted by Crippen LogP contribution is -1.91. The second-order valence-corrected chi connectivity index (χ2v) is 3.66. The Labute approximate surface area is 86.4 Å². The van der Waals surface area contributed by atoms with Crippen LogP contribution < -0.4 is 4.74 Å². The summed E-state index contributed by atoms with van der Waals surface area (Å²) in [5.41, 5.74) is 2.50. The van der Waals surface area contributed by atoms with Crippen molar-refractivity contribution < 1.29 is 4.74 Å². The van der Waals surface area contributed by atoms with Crippen molar-refractivity contribution in [2.75, 3.05) is 7.11 Å². The van der Waals surface area contributed by atoms with E-state index in [4.69, 9.17) is 4.74 Å². The molecule has 0 radical (unpaired) electrons. The highest BCUT2D eigenvalue weighted by molar-refractivity contribution is 5.58. The molecule has 1 aromatic rings. The van der Waals surface area contributed by atoms with E-state index in [1.807, 2.05) is 19.1 Å². The van der Waals surface area contributed by atoms with Gasteiger partial charge in [-0.05, 0) is 30.5 Å². The summed E-state index contributed by atoms with van der Waals surface area (Å²) in [5, 5.41) is 0. The van der Waals surface area contributed by atoms with Crippen molar-refractivity contribution in [3.05, 3.63) is 35.4 Å². The minimum absolute atomic E-state index is 0.560. The van der Waals surface area contributed by atoms with E-state index in [-0.39, 0.29) is 0 Å². The molecule has 1 aromatic carbocycles. The highest BCUT2D eigenvalue weighted by atomic mass is 16.5. The molecule has 0 saturated carbocycles. The maximum atomic E-state index is 5.28. The van der Waals surface area contributed by atoms with Crippen LogP contribution in [0.15, 0.2) is 24.3 Å². The van der Waals surface area contributed by atoms with E-state index in [2.05, 4.69) is 32.1 Å². The molecule has 0 aliphatic carbocycles. The quantitative estimate of drug-likeness (QED) is 0.703. The van der Waals surface area contributed by atoms with Crippen molar-refractivity contribution in [3.8, 4) is 5.75 Å². The van der Waals surface area contributed by atoms with E-state index < -0.39 is 0 Å². The molecule has 0 amide bonds. The number of hydrogen-bond acceptors (Lipinski definition) is 1. The van der Waals surface area contributed by atoms with Crippen LogP contribution in [-0.2, 0) is 0 Å². The third kappa shape index (κ3) is 2.38. The van der Waals surface area contributed by atoms with Crippen LogP contribution in [0.5, 0.6) is 5.75 Å². The van der Waals surface area contributed by atoms with Gasteiger partial charge in [-0.3, -0.25) is 0 Å². The Morgan fingerprint density at radius 2 is 2.00 bits per heavy atom. The molecule has 1 rings (SSSR count). The Morgan fingerprint density at radius 3 is 2.50 bits per heavy atom. The monoisotopic (exact) mass is 190 g/mol. The van der Waals surface area contributed by atoms with E-state index in [1.54, 1.807) is 7.11 Å². The SMILES string of the molecule is CC=Cc1cc(C(C)C)ccc1OC. The molecule has 0 aliphatic heterocycles. The summed E-state index contributed by atoms with van der Waals surface area (Å²) in [6.07, 6.45) is 4.10. The molecule has 1 nitrogen and oxygen atoms in total. The van der Waals surface area contributed by atoms with Crippen molar-refractivity contribution in [1.82, 2.24) is 0 Å². The molecule has 14 heavy (non-hydrogen) atoms. The van der Waals surface area contributed by atoms with Crippen LogP contribution in [0.2, 0.25) is 0 Å². The number of rotatable bonds is 3. The Hall–Kier alpha value is -1.24. The fourth-order valence-electron chi connectivity index (χ4n) is 1.42. The van der Waals surface area contributed by atoms with Crippen LogP contribution in [0.25, 0.3) is 6.08 Å². The highest BCUT2D eigenvalue weighted by Gasteiger charge is 2.03. The molecule has 0 spiro atoms. The lowest BCUT2D eigenvalue weighted by molar-refractivity contribution is 0.413. The minimum atomic E-state index is 0.560. The molecule has 0 fully saturated rings. The summed E-state index contributed by atoms with van der Waals surface area (Å²) in [4.78, 5) is 0. The summed E-state index contributed by atoms with van der Waals surface area (Å²) < 4.78 is 5.28. The fourth-order valence-corrected chi connectivity index (χ4v) is 1.42. The van der Waals surface area contributed by atoms with Crippen molar-refractivity contribution in [2.24, 2.45) is 0 Å². The van der Waals surface area contributed by atoms with Crippen molar-refractivity contribution in [1.29, 1.82) is 0 Å². The number of allylic oxidation sites excluding steroid dienone is 1. The first kappa shape index (κ1) is 10.8. The van der Waals surface area contributed by atoms with Crippen LogP contribution >= 0.6 is 0 Å². The summed E-state index contributed by atoms with van der Waals surface area (Å²) >= 11 is 0. The lowest BCUT2D eigenvalue weighted by atomic mass is 10.00. The zero-order valence-corrected chi connectivity index (χ0v) is 9.37. The first-order valence-corrected chi connectivity index (χ1v) is 4.99. The van der Waals surface area contributed by atoms with Crippen molar-refractivity contribution >= 4 is 6.08 Å². The Bertz CT molecular complexity index is 324. The standard InChI is InChI=1S/C13H18O/c1-5-6-12-9-11(10(2)3)7-8-13(12)14-4/h5-10H,1-4H3. The van der Waals surface area contributed by atoms with Crippen molar-refractivity contribution in [2.45, 2.75) is 26.7 Å². The largest absolute Gasteiger partial charge is 0.496 e. The molecular formula is C13H18O. The fraction of sp³-hybridized carbons (Fsp3) is 0.385. The molecule has 0 unspecified atom stereocenters. The zero-order valence-electron chi connectivity index (χ0n) is 9.37. The molecule has 0 bridgehead atoms. The van der Waals surface area contributed by atoms with E-state index in [0.717, 1.165) is 11.3 Å². The van der Waals surface area contributed by atoms with Crippen LogP contribution in [0, 0.1) is 0 Å². The average molecular weight is 190 g/mol. The van der Waals surface area contributed by atoms with Crippen LogP contribution in [0.4, 0.5) is 0 Å². The highest BCUT2D eigenvalue weighted by Crippen LogP contribution is 2.25. The minimum Gasteiger partial charge on any atom is -0.496 e. The molecule has 76 valence electrons. The molecule has 0 saturated heterocycles. The van der Waals surface area contributed by atoms with Gasteiger partial charge in [-0.25, -0.2) is 0 Å². The van der Waals surface area contributed by atoms with E-state index in [9.17, 15) is 0 Å². The van der Waals surface area contributed by atoms with Gasteiger partial charge >= 0.3 is 0 Å². The van der Waals surface area contributed by atoms with Gasteiger partial charge in [-0.2, -0.15) is 0 Å². The van der Waals surface area contributed by atoms with E-state index in [0.29, 0.717) is 5.92 Å². The summed E-state index contributed by atoms with van der Waals surface area (Å²) in [6.45, 7) is 6.41. The zero-order chi connectivity index (χ0) is 10.6. The molecule has 0 heterocycles. The van der Waals surface area contributed by atoms with Gasteiger partial charge in [0.2, 0.25) is 0 Å². The first-order chi connectivity index (χ1) is 6.69. The van der Waals surface area contributed by atoms with Gasteiger partial charge < -0.3 is 4.74 Å². The Kier molecular flexibility index (Phi) is 3.75. The second kappa shape index (κ2) is 4.85.